The van der Waals surface area contributed by atoms with Crippen molar-refractivity contribution in [1.82, 2.24) is 5.32 Å². The molecule has 3 nitrogen and oxygen atoms in total. The first-order valence-corrected chi connectivity index (χ1v) is 7.02. The van der Waals surface area contributed by atoms with Gasteiger partial charge in [0, 0.05) is 11.8 Å². The number of hydrogen-bond donors (Lipinski definition) is 1. The lowest BCUT2D eigenvalue weighted by atomic mass is 10.00. The monoisotopic (exact) mass is 271 g/mol. The molecule has 0 aliphatic heterocycles. The van der Waals surface area contributed by atoms with Gasteiger partial charge in [-0.3, -0.25) is 4.79 Å². The lowest BCUT2D eigenvalue weighted by Gasteiger charge is -2.13. The molecule has 0 unspecified atom stereocenters. The van der Waals surface area contributed by atoms with Crippen LogP contribution in [0.1, 0.15) is 24.5 Å². The van der Waals surface area contributed by atoms with Crippen molar-refractivity contribution in [3.63, 3.8) is 0 Å². The fourth-order valence-corrected chi connectivity index (χ4v) is 2.22. The van der Waals surface area contributed by atoms with E-state index in [0.717, 1.165) is 11.1 Å². The van der Waals surface area contributed by atoms with Gasteiger partial charge in [0.2, 0.25) is 5.91 Å². The maximum Gasteiger partial charge on any atom is 0.219 e. The van der Waals surface area contributed by atoms with E-state index in [-0.39, 0.29) is 5.91 Å². The Morgan fingerprint density at radius 1 is 1.20 bits per heavy atom. The highest BCUT2D eigenvalue weighted by Gasteiger charge is 2.07. The van der Waals surface area contributed by atoms with Crippen LogP contribution in [-0.4, -0.2) is 19.1 Å². The highest BCUT2D eigenvalue weighted by molar-refractivity contribution is 5.91. The fourth-order valence-electron chi connectivity index (χ4n) is 2.22. The quantitative estimate of drug-likeness (QED) is 0.847. The second kappa shape index (κ2) is 6.42. The number of amides is 1. The van der Waals surface area contributed by atoms with Gasteiger partial charge in [-0.2, -0.15) is 0 Å². The maximum absolute atomic E-state index is 11.2. The minimum atomic E-state index is 0.0542. The van der Waals surface area contributed by atoms with Gasteiger partial charge in [-0.15, -0.1) is 0 Å². The SMILES string of the molecule is CCC(=O)NCCOc1cc(C)c(C)c2ccccc12. The lowest BCUT2D eigenvalue weighted by Crippen LogP contribution is -2.27. The van der Waals surface area contributed by atoms with E-state index < -0.39 is 0 Å². The smallest absolute Gasteiger partial charge is 0.219 e. The van der Waals surface area contributed by atoms with E-state index in [1.807, 2.05) is 19.1 Å². The summed E-state index contributed by atoms with van der Waals surface area (Å²) in [6.07, 6.45) is 0.507. The van der Waals surface area contributed by atoms with Gasteiger partial charge in [0.25, 0.3) is 0 Å². The number of ether oxygens (including phenoxy) is 1. The summed E-state index contributed by atoms with van der Waals surface area (Å²) in [4.78, 5) is 11.2. The summed E-state index contributed by atoms with van der Waals surface area (Å²) in [7, 11) is 0. The summed E-state index contributed by atoms with van der Waals surface area (Å²) in [6.45, 7) is 7.08. The zero-order valence-corrected chi connectivity index (χ0v) is 12.3. The van der Waals surface area contributed by atoms with Gasteiger partial charge < -0.3 is 10.1 Å². The van der Waals surface area contributed by atoms with Gasteiger partial charge in [0.05, 0.1) is 6.54 Å². The third kappa shape index (κ3) is 3.10. The molecule has 1 N–H and O–H groups in total. The van der Waals surface area contributed by atoms with E-state index >= 15 is 0 Å². The number of hydrogen-bond acceptors (Lipinski definition) is 2. The standard InChI is InChI=1S/C17H21NO2/c1-4-17(19)18-9-10-20-16-11-12(2)13(3)14-7-5-6-8-15(14)16/h5-8,11H,4,9-10H2,1-3H3,(H,18,19). The van der Waals surface area contributed by atoms with Crippen LogP contribution in [0, 0.1) is 13.8 Å². The number of fused-ring (bicyclic) bond motifs is 1. The van der Waals surface area contributed by atoms with Crippen molar-refractivity contribution in [2.45, 2.75) is 27.2 Å². The van der Waals surface area contributed by atoms with Crippen molar-refractivity contribution in [1.29, 1.82) is 0 Å². The Morgan fingerprint density at radius 2 is 1.90 bits per heavy atom. The third-order valence-electron chi connectivity index (χ3n) is 3.54. The number of carbonyl (C=O) groups is 1. The van der Waals surface area contributed by atoms with Crippen LogP contribution in [0.4, 0.5) is 0 Å². The molecule has 0 spiro atoms. The normalized spacial score (nSPS) is 10.6. The summed E-state index contributed by atoms with van der Waals surface area (Å²) >= 11 is 0. The van der Waals surface area contributed by atoms with E-state index in [9.17, 15) is 4.79 Å². The average molecular weight is 271 g/mol. The molecular formula is C17H21NO2. The molecule has 106 valence electrons. The number of rotatable bonds is 5. The Kier molecular flexibility index (Phi) is 4.61. The molecule has 2 aromatic rings. The van der Waals surface area contributed by atoms with Gasteiger partial charge in [-0.1, -0.05) is 31.2 Å². The zero-order valence-electron chi connectivity index (χ0n) is 12.3. The number of nitrogens with one attached hydrogen (secondary N) is 1. The second-order valence-corrected chi connectivity index (χ2v) is 4.91. The lowest BCUT2D eigenvalue weighted by molar-refractivity contribution is -0.120. The van der Waals surface area contributed by atoms with Crippen molar-refractivity contribution in [3.05, 3.63) is 41.5 Å². The van der Waals surface area contributed by atoms with Crippen LogP contribution < -0.4 is 10.1 Å². The van der Waals surface area contributed by atoms with E-state index in [1.165, 1.54) is 16.5 Å². The predicted molar refractivity (Wildman–Crippen MR) is 82.2 cm³/mol. The molecule has 0 aromatic heterocycles. The predicted octanol–water partition coefficient (Wildman–Crippen LogP) is 3.36. The highest BCUT2D eigenvalue weighted by Crippen LogP contribution is 2.30. The van der Waals surface area contributed by atoms with Crippen LogP contribution in [-0.2, 0) is 4.79 Å². The molecule has 3 heteroatoms. The molecule has 0 radical (unpaired) electrons. The van der Waals surface area contributed by atoms with Crippen molar-refractivity contribution < 1.29 is 9.53 Å². The minimum Gasteiger partial charge on any atom is -0.491 e. The second-order valence-electron chi connectivity index (χ2n) is 4.91. The molecule has 0 atom stereocenters. The third-order valence-corrected chi connectivity index (χ3v) is 3.54. The Balaban J connectivity index is 2.14. The number of aryl methyl sites for hydroxylation is 2. The minimum absolute atomic E-state index is 0.0542. The van der Waals surface area contributed by atoms with Gasteiger partial charge in [0.15, 0.2) is 0 Å². The van der Waals surface area contributed by atoms with Gasteiger partial charge in [-0.05, 0) is 36.4 Å². The molecule has 0 saturated carbocycles. The Labute approximate surface area is 119 Å². The highest BCUT2D eigenvalue weighted by atomic mass is 16.5. The molecule has 0 aliphatic carbocycles. The Bertz CT molecular complexity index is 620. The van der Waals surface area contributed by atoms with Crippen LogP contribution in [0.5, 0.6) is 5.75 Å². The van der Waals surface area contributed by atoms with Crippen molar-refractivity contribution in [2.24, 2.45) is 0 Å². The van der Waals surface area contributed by atoms with Gasteiger partial charge >= 0.3 is 0 Å². The van der Waals surface area contributed by atoms with E-state index in [4.69, 9.17) is 4.74 Å². The largest absolute Gasteiger partial charge is 0.491 e. The molecule has 20 heavy (non-hydrogen) atoms. The van der Waals surface area contributed by atoms with Gasteiger partial charge in [0.1, 0.15) is 12.4 Å². The first-order chi connectivity index (χ1) is 9.63. The summed E-state index contributed by atoms with van der Waals surface area (Å²) in [6, 6.07) is 10.3. The molecular weight excluding hydrogens is 250 g/mol. The molecule has 2 rings (SSSR count). The van der Waals surface area contributed by atoms with E-state index in [1.54, 1.807) is 0 Å². The first kappa shape index (κ1) is 14.4. The summed E-state index contributed by atoms with van der Waals surface area (Å²) in [5, 5.41) is 5.16. The topological polar surface area (TPSA) is 38.3 Å². The van der Waals surface area contributed by atoms with E-state index in [2.05, 4.69) is 37.4 Å². The number of carbonyl (C=O) groups excluding carboxylic acids is 1. The summed E-state index contributed by atoms with van der Waals surface area (Å²) in [5.41, 5.74) is 2.50. The van der Waals surface area contributed by atoms with E-state index in [0.29, 0.717) is 19.6 Å². The summed E-state index contributed by atoms with van der Waals surface area (Å²) < 4.78 is 5.84. The molecule has 0 saturated heterocycles. The van der Waals surface area contributed by atoms with Crippen molar-refractivity contribution >= 4 is 16.7 Å². The fraction of sp³-hybridized carbons (Fsp3) is 0.353. The summed E-state index contributed by atoms with van der Waals surface area (Å²) in [5.74, 6) is 0.938. The first-order valence-electron chi connectivity index (χ1n) is 7.02. The average Bonchev–Trinajstić information content (AvgIpc) is 2.48. The van der Waals surface area contributed by atoms with Crippen LogP contribution in [0.2, 0.25) is 0 Å². The molecule has 0 fully saturated rings. The van der Waals surface area contributed by atoms with Crippen LogP contribution >= 0.6 is 0 Å². The molecule has 1 amide bonds. The van der Waals surface area contributed by atoms with Crippen molar-refractivity contribution in [2.75, 3.05) is 13.2 Å². The molecule has 0 heterocycles. The zero-order chi connectivity index (χ0) is 14.5. The molecule has 2 aromatic carbocycles. The Morgan fingerprint density at radius 3 is 2.60 bits per heavy atom. The van der Waals surface area contributed by atoms with Crippen LogP contribution in [0.3, 0.4) is 0 Å². The van der Waals surface area contributed by atoms with Crippen LogP contribution in [0.25, 0.3) is 10.8 Å². The van der Waals surface area contributed by atoms with Crippen molar-refractivity contribution in [3.8, 4) is 5.75 Å². The number of benzene rings is 2. The molecule has 0 aliphatic rings. The molecule has 0 bridgehead atoms. The van der Waals surface area contributed by atoms with Crippen LogP contribution in [0.15, 0.2) is 30.3 Å². The Hall–Kier alpha value is -2.03. The maximum atomic E-state index is 11.2. The van der Waals surface area contributed by atoms with Gasteiger partial charge in [-0.25, -0.2) is 0 Å².